The molecule has 0 spiro atoms. The summed E-state index contributed by atoms with van der Waals surface area (Å²) in [6.45, 7) is 0. The Kier molecular flexibility index (Phi) is 9.53. The number of carbonyl (C=O) groups is 2. The minimum Gasteiger partial charge on any atom is -1.00 e. The van der Waals surface area contributed by atoms with Crippen LogP contribution in [0.4, 0.5) is 0 Å². The molecule has 2 aromatic rings. The third-order valence-corrected chi connectivity index (χ3v) is 3.18. The SMILES string of the molecule is O=C(O)c1ccccc1OS(=O)Oc1ccccc1C(=O)O.[H-].[H-].[Li+].[Li+]. The van der Waals surface area contributed by atoms with E-state index < -0.39 is 23.3 Å². The maximum atomic E-state index is 11.8. The summed E-state index contributed by atoms with van der Waals surface area (Å²) in [4.78, 5) is 22.0. The van der Waals surface area contributed by atoms with Crippen molar-refractivity contribution in [1.82, 2.24) is 0 Å². The third-order valence-electron chi connectivity index (χ3n) is 2.55. The first-order chi connectivity index (χ1) is 10.5. The van der Waals surface area contributed by atoms with Gasteiger partial charge in [0.2, 0.25) is 0 Å². The molecular formula is C14H12Li2O7S. The Morgan fingerprint density at radius 3 is 1.46 bits per heavy atom. The number of hydrogen-bond donors (Lipinski definition) is 2. The first-order valence-corrected chi connectivity index (χ1v) is 6.92. The van der Waals surface area contributed by atoms with E-state index in [1.54, 1.807) is 0 Å². The Labute approximate surface area is 167 Å². The molecule has 0 amide bonds. The smallest absolute Gasteiger partial charge is 1.00 e. The fraction of sp³-hybridized carbons (Fsp3) is 0. The molecule has 2 aromatic carbocycles. The molecule has 10 heteroatoms. The van der Waals surface area contributed by atoms with E-state index in [0.717, 1.165) is 0 Å². The van der Waals surface area contributed by atoms with Gasteiger partial charge in [0.25, 0.3) is 0 Å². The molecule has 0 aliphatic heterocycles. The van der Waals surface area contributed by atoms with Crippen LogP contribution in [0.25, 0.3) is 0 Å². The molecule has 0 aliphatic rings. The topological polar surface area (TPSA) is 110 Å². The molecule has 0 saturated heterocycles. The molecule has 0 aromatic heterocycles. The molecule has 2 rings (SSSR count). The van der Waals surface area contributed by atoms with Gasteiger partial charge in [-0.2, -0.15) is 4.21 Å². The number of carboxylic acid groups (broad SMARTS) is 2. The van der Waals surface area contributed by atoms with Crippen LogP contribution in [0.1, 0.15) is 23.6 Å². The minimum absolute atomic E-state index is 0. The van der Waals surface area contributed by atoms with Gasteiger partial charge in [0.1, 0.15) is 11.1 Å². The maximum absolute atomic E-state index is 11.8. The molecule has 0 unspecified atom stereocenters. The van der Waals surface area contributed by atoms with Crippen molar-refractivity contribution in [3.05, 3.63) is 59.7 Å². The van der Waals surface area contributed by atoms with Gasteiger partial charge in [-0.3, -0.25) is 0 Å². The second-order valence-electron chi connectivity index (χ2n) is 3.97. The van der Waals surface area contributed by atoms with Crippen LogP contribution in [0.5, 0.6) is 11.5 Å². The monoisotopic (exact) mass is 338 g/mol. The van der Waals surface area contributed by atoms with Crippen LogP contribution < -0.4 is 46.1 Å². The number of aromatic carboxylic acids is 2. The molecular weight excluding hydrogens is 326 g/mol. The summed E-state index contributed by atoms with van der Waals surface area (Å²) in [6, 6.07) is 11.2. The molecule has 0 heterocycles. The van der Waals surface area contributed by atoms with Crippen LogP contribution in [0.15, 0.2) is 48.5 Å². The predicted octanol–water partition coefficient (Wildman–Crippen LogP) is -3.65. The van der Waals surface area contributed by atoms with Crippen molar-refractivity contribution in [2.75, 3.05) is 0 Å². The van der Waals surface area contributed by atoms with Gasteiger partial charge in [-0.25, -0.2) is 9.59 Å². The van der Waals surface area contributed by atoms with Crippen molar-refractivity contribution < 1.29 is 73.0 Å². The fourth-order valence-electron chi connectivity index (χ4n) is 1.60. The summed E-state index contributed by atoms with van der Waals surface area (Å²) in [5.74, 6) is -2.81. The Bertz CT molecular complexity index is 700. The Balaban J connectivity index is -0.00000132. The fourth-order valence-corrected chi connectivity index (χ4v) is 2.21. The van der Waals surface area contributed by atoms with Crippen molar-refractivity contribution in [3.8, 4) is 11.5 Å². The van der Waals surface area contributed by atoms with Crippen LogP contribution in [0, 0.1) is 0 Å². The predicted molar refractivity (Wildman–Crippen MR) is 78.4 cm³/mol. The van der Waals surface area contributed by atoms with Crippen molar-refractivity contribution in [1.29, 1.82) is 0 Å². The molecule has 7 nitrogen and oxygen atoms in total. The van der Waals surface area contributed by atoms with E-state index in [4.69, 9.17) is 18.6 Å². The third kappa shape index (κ3) is 5.75. The van der Waals surface area contributed by atoms with Crippen molar-refractivity contribution >= 4 is 23.3 Å². The molecule has 0 aliphatic carbocycles. The van der Waals surface area contributed by atoms with E-state index in [-0.39, 0.29) is 63.2 Å². The zero-order valence-electron chi connectivity index (χ0n) is 15.0. The molecule has 0 saturated carbocycles. The van der Waals surface area contributed by atoms with E-state index in [9.17, 15) is 13.8 Å². The van der Waals surface area contributed by atoms with Crippen LogP contribution in [-0.4, -0.2) is 26.4 Å². The largest absolute Gasteiger partial charge is 1.00 e. The summed E-state index contributed by atoms with van der Waals surface area (Å²) in [5.41, 5.74) is -0.378. The zero-order chi connectivity index (χ0) is 16.1. The first-order valence-electron chi connectivity index (χ1n) is 5.92. The molecule has 0 fully saturated rings. The van der Waals surface area contributed by atoms with Gasteiger partial charge in [0.05, 0.1) is 0 Å². The number of benzene rings is 2. The van der Waals surface area contributed by atoms with Crippen molar-refractivity contribution in [2.45, 2.75) is 0 Å². The number of carboxylic acids is 2. The molecule has 0 radical (unpaired) electrons. The summed E-state index contributed by atoms with van der Waals surface area (Å²) in [5, 5.41) is 18.0. The van der Waals surface area contributed by atoms with Gasteiger partial charge in [-0.1, -0.05) is 24.3 Å². The van der Waals surface area contributed by atoms with Gasteiger partial charge < -0.3 is 21.4 Å². The Hall–Kier alpha value is -1.68. The minimum atomic E-state index is -2.40. The van der Waals surface area contributed by atoms with E-state index in [1.165, 1.54) is 48.5 Å². The molecule has 2 N–H and O–H groups in total. The number of rotatable bonds is 6. The van der Waals surface area contributed by atoms with Gasteiger partial charge in [0.15, 0.2) is 11.5 Å². The van der Waals surface area contributed by atoms with Crippen LogP contribution in [-0.2, 0) is 11.4 Å². The molecule has 0 bridgehead atoms. The van der Waals surface area contributed by atoms with E-state index in [1.807, 2.05) is 0 Å². The summed E-state index contributed by atoms with van der Waals surface area (Å²) in [6.07, 6.45) is 0. The van der Waals surface area contributed by atoms with Gasteiger partial charge in [-0.15, -0.1) is 0 Å². The molecule has 118 valence electrons. The maximum Gasteiger partial charge on any atom is 1.00 e. The van der Waals surface area contributed by atoms with Gasteiger partial charge in [0, 0.05) is 0 Å². The Morgan fingerprint density at radius 1 is 0.792 bits per heavy atom. The van der Waals surface area contributed by atoms with Crippen LogP contribution in [0.3, 0.4) is 0 Å². The normalized spacial score (nSPS) is 9.38. The van der Waals surface area contributed by atoms with Crippen LogP contribution in [0.2, 0.25) is 0 Å². The number of hydrogen-bond acceptors (Lipinski definition) is 5. The van der Waals surface area contributed by atoms with Crippen molar-refractivity contribution in [3.63, 3.8) is 0 Å². The van der Waals surface area contributed by atoms with Crippen molar-refractivity contribution in [2.24, 2.45) is 0 Å². The van der Waals surface area contributed by atoms with E-state index in [2.05, 4.69) is 0 Å². The Morgan fingerprint density at radius 2 is 1.12 bits per heavy atom. The van der Waals surface area contributed by atoms with E-state index in [0.29, 0.717) is 0 Å². The number of para-hydroxylation sites is 2. The summed E-state index contributed by atoms with van der Waals surface area (Å²) >= 11 is -2.40. The zero-order valence-corrected chi connectivity index (χ0v) is 13.8. The van der Waals surface area contributed by atoms with E-state index >= 15 is 0 Å². The summed E-state index contributed by atoms with van der Waals surface area (Å²) in [7, 11) is 0. The first kappa shape index (κ1) is 22.3. The quantitative estimate of drug-likeness (QED) is 0.523. The molecule has 24 heavy (non-hydrogen) atoms. The van der Waals surface area contributed by atoms with Gasteiger partial charge >= 0.3 is 61.0 Å². The van der Waals surface area contributed by atoms with Gasteiger partial charge in [-0.05, 0) is 24.3 Å². The second-order valence-corrected chi connectivity index (χ2v) is 4.71. The standard InChI is InChI=1S/C14H10O7S.2Li.2H/c15-13(16)9-5-1-3-7-11(9)20-22(19)21-12-8-4-2-6-10(12)14(17)18;;;;/h1-8H,(H,15,16)(H,17,18);;;;/q;2*+1;2*-1. The average molecular weight is 338 g/mol. The summed E-state index contributed by atoms with van der Waals surface area (Å²) < 4.78 is 21.7. The van der Waals surface area contributed by atoms with Crippen LogP contribution >= 0.6 is 0 Å². The molecule has 0 atom stereocenters. The second kappa shape index (κ2) is 10.2. The average Bonchev–Trinajstić information content (AvgIpc) is 2.47.